The Morgan fingerprint density at radius 1 is 0.717 bits per heavy atom. The van der Waals surface area contributed by atoms with Crippen LogP contribution in [0.4, 0.5) is 0 Å². The second-order valence-electron chi connectivity index (χ2n) is 14.9. The average Bonchev–Trinajstić information content (AvgIpc) is 3.62. The van der Waals surface area contributed by atoms with E-state index >= 15 is 0 Å². The van der Waals surface area contributed by atoms with Gasteiger partial charge in [-0.3, -0.25) is 9.59 Å². The molecule has 1 aliphatic carbocycles. The van der Waals surface area contributed by atoms with Gasteiger partial charge in [-0.2, -0.15) is 0 Å². The highest BCUT2D eigenvalue weighted by molar-refractivity contribution is 6.46. The third-order valence-electron chi connectivity index (χ3n) is 10.3. The van der Waals surface area contributed by atoms with Crippen LogP contribution in [0.3, 0.4) is 0 Å². The van der Waals surface area contributed by atoms with E-state index in [1.807, 2.05) is 50.2 Å². The van der Waals surface area contributed by atoms with Crippen LogP contribution >= 0.6 is 0 Å². The molecular formula is C47H56N2O4. The summed E-state index contributed by atoms with van der Waals surface area (Å²) in [5.41, 5.74) is 9.09. The fraction of sp³-hybridized carbons (Fsp3) is 0.404. The van der Waals surface area contributed by atoms with E-state index in [4.69, 9.17) is 4.84 Å². The minimum Gasteiger partial charge on any atom is -0.341 e. The Kier molecular flexibility index (Phi) is 12.9. The molecular weight excluding hydrogens is 657 g/mol. The smallest absolute Gasteiger partial charge is 0.331 e. The lowest BCUT2D eigenvalue weighted by molar-refractivity contribution is -0.140. The van der Waals surface area contributed by atoms with Crippen LogP contribution < -0.4 is 0 Å². The molecule has 0 unspecified atom stereocenters. The van der Waals surface area contributed by atoms with Gasteiger partial charge >= 0.3 is 5.97 Å². The monoisotopic (exact) mass is 712 g/mol. The summed E-state index contributed by atoms with van der Waals surface area (Å²) in [6.07, 6.45) is 8.47. The van der Waals surface area contributed by atoms with Crippen molar-refractivity contribution < 1.29 is 19.2 Å². The summed E-state index contributed by atoms with van der Waals surface area (Å²) < 4.78 is 2.20. The van der Waals surface area contributed by atoms with E-state index in [9.17, 15) is 14.4 Å². The van der Waals surface area contributed by atoms with Crippen molar-refractivity contribution in [3.05, 3.63) is 107 Å². The number of rotatable bonds is 14. The number of unbranched alkanes of at least 4 members (excludes halogenated alkanes) is 2. The summed E-state index contributed by atoms with van der Waals surface area (Å²) in [6.45, 7) is 16.8. The summed E-state index contributed by atoms with van der Waals surface area (Å²) in [7, 11) is 0. The van der Waals surface area contributed by atoms with Crippen LogP contribution in [0.15, 0.2) is 84.0 Å². The lowest BCUT2D eigenvalue weighted by atomic mass is 9.71. The molecule has 6 heteroatoms. The number of aryl methyl sites for hydroxylation is 1. The molecule has 1 aliphatic rings. The van der Waals surface area contributed by atoms with Gasteiger partial charge in [-0.25, -0.2) is 4.79 Å². The zero-order chi connectivity index (χ0) is 38.3. The Morgan fingerprint density at radius 2 is 1.26 bits per heavy atom. The predicted molar refractivity (Wildman–Crippen MR) is 219 cm³/mol. The first-order valence-electron chi connectivity index (χ1n) is 19.7. The highest BCUT2D eigenvalue weighted by Gasteiger charge is 2.42. The molecule has 0 saturated carbocycles. The first-order chi connectivity index (χ1) is 25.5. The first kappa shape index (κ1) is 39.4. The minimum absolute atomic E-state index is 0.0203. The number of nitrogens with zero attached hydrogens (tertiary/aromatic N) is 2. The van der Waals surface area contributed by atoms with Crippen LogP contribution in [0, 0.1) is 5.92 Å². The number of carbonyl (C=O) groups excluding carboxylic acids is 3. The van der Waals surface area contributed by atoms with Crippen molar-refractivity contribution in [2.24, 2.45) is 11.1 Å². The highest BCUT2D eigenvalue weighted by Crippen LogP contribution is 2.54. The van der Waals surface area contributed by atoms with Gasteiger partial charge in [-0.1, -0.05) is 115 Å². The van der Waals surface area contributed by atoms with Crippen molar-refractivity contribution in [3.63, 3.8) is 0 Å². The Labute approximate surface area is 315 Å². The van der Waals surface area contributed by atoms with E-state index in [1.165, 1.54) is 35.6 Å². The van der Waals surface area contributed by atoms with Crippen LogP contribution in [0.5, 0.6) is 0 Å². The molecule has 278 valence electrons. The third-order valence-corrected chi connectivity index (χ3v) is 10.3. The van der Waals surface area contributed by atoms with Gasteiger partial charge in [0.2, 0.25) is 5.78 Å². The second-order valence-corrected chi connectivity index (χ2v) is 14.9. The fourth-order valence-corrected chi connectivity index (χ4v) is 7.96. The SMILES string of the molecule is CCC.CCCCC1(CCCC)c2ccccc2-c2cc(C(=O)c3ccc4c(c3)c3cc(C(=O)/C(CC(C)C)=N/OC(C)=O)ccc3n4CC)ccc21. The molecule has 4 aromatic carbocycles. The van der Waals surface area contributed by atoms with Crippen molar-refractivity contribution in [3.8, 4) is 11.1 Å². The number of Topliss-reactive ketones (excluding diaryl/α,β-unsaturated/α-hetero) is 1. The first-order valence-corrected chi connectivity index (χ1v) is 19.7. The quantitative estimate of drug-likeness (QED) is 0.0497. The van der Waals surface area contributed by atoms with Crippen LogP contribution in [-0.4, -0.2) is 27.8 Å². The van der Waals surface area contributed by atoms with Gasteiger partial charge in [0.15, 0.2) is 5.78 Å². The van der Waals surface area contributed by atoms with Gasteiger partial charge in [-0.15, -0.1) is 0 Å². The van der Waals surface area contributed by atoms with Gasteiger partial charge in [0.1, 0.15) is 5.71 Å². The molecule has 0 spiro atoms. The molecule has 0 radical (unpaired) electrons. The summed E-state index contributed by atoms with van der Waals surface area (Å²) in [5.74, 6) is -0.731. The van der Waals surface area contributed by atoms with Crippen LogP contribution in [-0.2, 0) is 21.6 Å². The number of hydrogen-bond acceptors (Lipinski definition) is 5. The maximum atomic E-state index is 14.3. The third kappa shape index (κ3) is 7.93. The molecule has 0 saturated heterocycles. The largest absolute Gasteiger partial charge is 0.341 e. The molecule has 53 heavy (non-hydrogen) atoms. The second kappa shape index (κ2) is 17.3. The average molecular weight is 713 g/mol. The van der Waals surface area contributed by atoms with Gasteiger partial charge in [-0.05, 0) is 96.8 Å². The van der Waals surface area contributed by atoms with E-state index in [1.54, 1.807) is 6.07 Å². The highest BCUT2D eigenvalue weighted by atomic mass is 16.7. The van der Waals surface area contributed by atoms with Gasteiger partial charge in [0, 0.05) is 57.4 Å². The molecule has 0 atom stereocenters. The lowest BCUT2D eigenvalue weighted by Gasteiger charge is -2.32. The normalized spacial score (nSPS) is 13.1. The number of hydrogen-bond donors (Lipinski definition) is 0. The summed E-state index contributed by atoms with van der Waals surface area (Å²) in [5, 5.41) is 5.72. The molecule has 0 bridgehead atoms. The van der Waals surface area contributed by atoms with Gasteiger partial charge in [0.25, 0.3) is 0 Å². The van der Waals surface area contributed by atoms with E-state index in [0.717, 1.165) is 66.9 Å². The van der Waals surface area contributed by atoms with Crippen LogP contribution in [0.2, 0.25) is 0 Å². The Balaban J connectivity index is 0.00000175. The number of benzene rings is 4. The summed E-state index contributed by atoms with van der Waals surface area (Å²) in [6, 6.07) is 26.7. The maximum absolute atomic E-state index is 14.3. The van der Waals surface area contributed by atoms with Crippen LogP contribution in [0.1, 0.15) is 144 Å². The molecule has 6 rings (SSSR count). The topological polar surface area (TPSA) is 77.7 Å². The van der Waals surface area contributed by atoms with Crippen molar-refractivity contribution in [1.82, 2.24) is 4.57 Å². The number of oxime groups is 1. The zero-order valence-corrected chi connectivity index (χ0v) is 33.0. The van der Waals surface area contributed by atoms with Crippen molar-refractivity contribution in [2.75, 3.05) is 0 Å². The summed E-state index contributed by atoms with van der Waals surface area (Å²) >= 11 is 0. The van der Waals surface area contributed by atoms with E-state index in [-0.39, 0.29) is 28.6 Å². The minimum atomic E-state index is -0.572. The van der Waals surface area contributed by atoms with Crippen molar-refractivity contribution in [2.45, 2.75) is 119 Å². The Bertz CT molecular complexity index is 2140. The molecule has 0 N–H and O–H groups in total. The summed E-state index contributed by atoms with van der Waals surface area (Å²) in [4.78, 5) is 44.3. The number of carbonyl (C=O) groups is 3. The van der Waals surface area contributed by atoms with Gasteiger partial charge in [0.05, 0.1) is 0 Å². The fourth-order valence-electron chi connectivity index (χ4n) is 7.96. The van der Waals surface area contributed by atoms with E-state index in [0.29, 0.717) is 23.1 Å². The lowest BCUT2D eigenvalue weighted by Crippen LogP contribution is -2.25. The number of aromatic nitrogens is 1. The molecule has 5 aromatic rings. The molecule has 6 nitrogen and oxygen atoms in total. The number of ketones is 2. The van der Waals surface area contributed by atoms with Gasteiger partial charge < -0.3 is 9.40 Å². The van der Waals surface area contributed by atoms with Crippen molar-refractivity contribution >= 4 is 45.1 Å². The predicted octanol–water partition coefficient (Wildman–Crippen LogP) is 12.3. The van der Waals surface area contributed by atoms with E-state index < -0.39 is 5.97 Å². The van der Waals surface area contributed by atoms with Crippen molar-refractivity contribution in [1.29, 1.82) is 0 Å². The number of fused-ring (bicyclic) bond motifs is 6. The maximum Gasteiger partial charge on any atom is 0.331 e. The van der Waals surface area contributed by atoms with Crippen LogP contribution in [0.25, 0.3) is 32.9 Å². The molecule has 0 aliphatic heterocycles. The Hall–Kier alpha value is -4.84. The zero-order valence-electron chi connectivity index (χ0n) is 33.0. The molecule has 1 aromatic heterocycles. The Morgan fingerprint density at radius 3 is 1.85 bits per heavy atom. The standard InChI is InChI=1S/C44H48N2O4.C3H8/c1-7-10-22-44(23-11-8-2)37-15-13-12-14-33(37)34-25-30(16-19-38(34)44)42(48)31-17-20-40-35(26-31)36-27-32(18-21-41(36)46(40)9-3)43(49)39(24-28(4)5)45-50-29(6)47;1-3-2/h12-21,25-28H,7-11,22-24H2,1-6H3;3H2,1-2H3/b45-39+;. The molecule has 0 fully saturated rings. The molecule has 0 amide bonds. The van der Waals surface area contributed by atoms with E-state index in [2.05, 4.69) is 80.7 Å². The molecule has 1 heterocycles.